The van der Waals surface area contributed by atoms with Gasteiger partial charge in [-0.2, -0.15) is 8.42 Å². The zero-order chi connectivity index (χ0) is 16.2. The van der Waals surface area contributed by atoms with Crippen molar-refractivity contribution in [2.75, 3.05) is 43.4 Å². The molecule has 0 amide bonds. The number of hydrogen-bond acceptors (Lipinski definition) is 5. The highest BCUT2D eigenvalue weighted by atomic mass is 32.2. The number of rotatable bonds is 6. The molecule has 1 saturated heterocycles. The number of ketones is 1. The van der Waals surface area contributed by atoms with Crippen molar-refractivity contribution < 1.29 is 17.8 Å². The molecular formula is C15H22N2O4S. The number of nitrogens with zero attached hydrogens (tertiary/aromatic N) is 2. The fourth-order valence-electron chi connectivity index (χ4n) is 2.61. The van der Waals surface area contributed by atoms with Gasteiger partial charge in [0.05, 0.1) is 5.75 Å². The van der Waals surface area contributed by atoms with Gasteiger partial charge < -0.3 is 4.90 Å². The molecular weight excluding hydrogens is 304 g/mol. The van der Waals surface area contributed by atoms with Crippen LogP contribution in [0.1, 0.15) is 23.7 Å². The van der Waals surface area contributed by atoms with Crippen LogP contribution in [0.15, 0.2) is 24.3 Å². The van der Waals surface area contributed by atoms with Gasteiger partial charge in [-0.25, -0.2) is 0 Å². The molecule has 2 rings (SSSR count). The summed E-state index contributed by atoms with van der Waals surface area (Å²) in [5, 5.41) is 0. The minimum absolute atomic E-state index is 0.0650. The quantitative estimate of drug-likeness (QED) is 0.627. The standard InChI is InChI=1S/C15H22N2O4S/c1-13(18)14-3-5-15(6-4-14)17-10-8-16(9-11-17)7-2-12-22(19,20)21/h3-6H,2,7-12H2,1H3,(H,19,20,21). The van der Waals surface area contributed by atoms with Crippen molar-refractivity contribution in [2.45, 2.75) is 13.3 Å². The van der Waals surface area contributed by atoms with E-state index in [-0.39, 0.29) is 11.5 Å². The van der Waals surface area contributed by atoms with E-state index in [1.165, 1.54) is 0 Å². The highest BCUT2D eigenvalue weighted by molar-refractivity contribution is 7.85. The molecule has 22 heavy (non-hydrogen) atoms. The summed E-state index contributed by atoms with van der Waals surface area (Å²) in [5.74, 6) is -0.116. The first-order valence-corrected chi connectivity index (χ1v) is 8.99. The third-order valence-electron chi connectivity index (χ3n) is 3.89. The van der Waals surface area contributed by atoms with Gasteiger partial charge in [0.15, 0.2) is 5.78 Å². The van der Waals surface area contributed by atoms with Gasteiger partial charge in [-0.1, -0.05) is 0 Å². The summed E-state index contributed by atoms with van der Waals surface area (Å²) in [7, 11) is -3.85. The van der Waals surface area contributed by atoms with Crippen molar-refractivity contribution in [3.63, 3.8) is 0 Å². The number of piperazine rings is 1. The summed E-state index contributed by atoms with van der Waals surface area (Å²) in [6, 6.07) is 7.61. The maximum absolute atomic E-state index is 11.3. The molecule has 1 N–H and O–H groups in total. The molecule has 0 aromatic heterocycles. The SMILES string of the molecule is CC(=O)c1ccc(N2CCN(CCCS(=O)(=O)O)CC2)cc1. The second-order valence-corrected chi connectivity index (χ2v) is 7.14. The molecule has 0 aliphatic carbocycles. The van der Waals surface area contributed by atoms with Gasteiger partial charge in [-0.05, 0) is 44.2 Å². The molecule has 0 radical (unpaired) electrons. The summed E-state index contributed by atoms with van der Waals surface area (Å²) in [4.78, 5) is 15.7. The van der Waals surface area contributed by atoms with Crippen LogP contribution >= 0.6 is 0 Å². The number of benzene rings is 1. The Bertz CT molecular complexity index is 605. The van der Waals surface area contributed by atoms with Crippen LogP contribution in [-0.4, -0.2) is 62.1 Å². The Kier molecular flexibility index (Phi) is 5.55. The van der Waals surface area contributed by atoms with E-state index < -0.39 is 10.1 Å². The Hall–Kier alpha value is -1.44. The van der Waals surface area contributed by atoms with Crippen LogP contribution < -0.4 is 4.90 Å². The molecule has 0 unspecified atom stereocenters. The molecule has 122 valence electrons. The van der Waals surface area contributed by atoms with E-state index in [4.69, 9.17) is 4.55 Å². The molecule has 0 atom stereocenters. The molecule has 7 heteroatoms. The van der Waals surface area contributed by atoms with Gasteiger partial charge in [0.2, 0.25) is 0 Å². The fraction of sp³-hybridized carbons (Fsp3) is 0.533. The smallest absolute Gasteiger partial charge is 0.264 e. The first kappa shape index (κ1) is 16.9. The van der Waals surface area contributed by atoms with Crippen molar-refractivity contribution in [3.8, 4) is 0 Å². The van der Waals surface area contributed by atoms with Crippen molar-refractivity contribution in [3.05, 3.63) is 29.8 Å². The molecule has 1 aliphatic rings. The van der Waals surface area contributed by atoms with Crippen LogP contribution in [0.2, 0.25) is 0 Å². The van der Waals surface area contributed by atoms with E-state index in [0.717, 1.165) is 31.9 Å². The lowest BCUT2D eigenvalue weighted by atomic mass is 10.1. The normalized spacial score (nSPS) is 16.7. The lowest BCUT2D eigenvalue weighted by Crippen LogP contribution is -2.46. The van der Waals surface area contributed by atoms with Crippen molar-refractivity contribution >= 4 is 21.6 Å². The minimum Gasteiger partial charge on any atom is -0.369 e. The number of hydrogen-bond donors (Lipinski definition) is 1. The lowest BCUT2D eigenvalue weighted by Gasteiger charge is -2.36. The number of Topliss-reactive ketones (excluding diaryl/α,β-unsaturated/α-hetero) is 1. The molecule has 1 fully saturated rings. The molecule has 1 aliphatic heterocycles. The average Bonchev–Trinajstić information content (AvgIpc) is 2.47. The zero-order valence-corrected chi connectivity index (χ0v) is 13.6. The lowest BCUT2D eigenvalue weighted by molar-refractivity contribution is 0.101. The van der Waals surface area contributed by atoms with Gasteiger partial charge >= 0.3 is 0 Å². The molecule has 0 spiro atoms. The third-order valence-corrected chi connectivity index (χ3v) is 4.69. The maximum Gasteiger partial charge on any atom is 0.264 e. The first-order valence-electron chi connectivity index (χ1n) is 7.38. The largest absolute Gasteiger partial charge is 0.369 e. The van der Waals surface area contributed by atoms with Crippen molar-refractivity contribution in [2.24, 2.45) is 0 Å². The van der Waals surface area contributed by atoms with Crippen LogP contribution in [0.5, 0.6) is 0 Å². The van der Waals surface area contributed by atoms with E-state index >= 15 is 0 Å². The third kappa shape index (κ3) is 5.08. The van der Waals surface area contributed by atoms with Crippen molar-refractivity contribution in [1.29, 1.82) is 0 Å². The Morgan fingerprint density at radius 2 is 1.73 bits per heavy atom. The molecule has 0 bridgehead atoms. The van der Waals surface area contributed by atoms with E-state index in [9.17, 15) is 13.2 Å². The Morgan fingerprint density at radius 1 is 1.14 bits per heavy atom. The van der Waals surface area contributed by atoms with Gasteiger partial charge in [0, 0.05) is 37.4 Å². The van der Waals surface area contributed by atoms with E-state index in [1.807, 2.05) is 24.3 Å². The van der Waals surface area contributed by atoms with Crippen LogP contribution in [0, 0.1) is 0 Å². The van der Waals surface area contributed by atoms with Crippen LogP contribution in [0.3, 0.4) is 0 Å². The number of carbonyl (C=O) groups excluding carboxylic acids is 1. The predicted octanol–water partition coefficient (Wildman–Crippen LogP) is 1.29. The summed E-state index contributed by atoms with van der Waals surface area (Å²) in [6.07, 6.45) is 0.451. The van der Waals surface area contributed by atoms with E-state index in [0.29, 0.717) is 18.5 Å². The van der Waals surface area contributed by atoms with Crippen LogP contribution in [0.4, 0.5) is 5.69 Å². The van der Waals surface area contributed by atoms with Crippen molar-refractivity contribution in [1.82, 2.24) is 4.90 Å². The topological polar surface area (TPSA) is 77.9 Å². The summed E-state index contributed by atoms with van der Waals surface area (Å²) in [6.45, 7) is 5.69. The molecule has 1 heterocycles. The zero-order valence-electron chi connectivity index (χ0n) is 12.7. The summed E-state index contributed by atoms with van der Waals surface area (Å²) < 4.78 is 30.1. The highest BCUT2D eigenvalue weighted by Gasteiger charge is 2.17. The monoisotopic (exact) mass is 326 g/mol. The summed E-state index contributed by atoms with van der Waals surface area (Å²) >= 11 is 0. The Balaban J connectivity index is 1.80. The number of anilines is 1. The summed E-state index contributed by atoms with van der Waals surface area (Å²) in [5.41, 5.74) is 1.81. The maximum atomic E-state index is 11.3. The number of carbonyl (C=O) groups is 1. The Morgan fingerprint density at radius 3 is 2.23 bits per heavy atom. The predicted molar refractivity (Wildman–Crippen MR) is 86.1 cm³/mol. The van der Waals surface area contributed by atoms with Crippen LogP contribution in [0.25, 0.3) is 0 Å². The first-order chi connectivity index (χ1) is 10.3. The second-order valence-electron chi connectivity index (χ2n) is 5.57. The van der Waals surface area contributed by atoms with Gasteiger partial charge in [-0.3, -0.25) is 14.2 Å². The average molecular weight is 326 g/mol. The molecule has 1 aromatic rings. The Labute approximate surface area is 131 Å². The molecule has 6 nitrogen and oxygen atoms in total. The fourth-order valence-corrected chi connectivity index (χ4v) is 3.10. The van der Waals surface area contributed by atoms with E-state index in [2.05, 4.69) is 9.80 Å². The second kappa shape index (κ2) is 7.21. The van der Waals surface area contributed by atoms with Crippen LogP contribution in [-0.2, 0) is 10.1 Å². The van der Waals surface area contributed by atoms with Gasteiger partial charge in [0.1, 0.15) is 0 Å². The molecule has 1 aromatic carbocycles. The van der Waals surface area contributed by atoms with E-state index in [1.54, 1.807) is 6.92 Å². The minimum atomic E-state index is -3.85. The highest BCUT2D eigenvalue weighted by Crippen LogP contribution is 2.17. The van der Waals surface area contributed by atoms with Gasteiger partial charge in [0.25, 0.3) is 10.1 Å². The van der Waals surface area contributed by atoms with Gasteiger partial charge in [-0.15, -0.1) is 0 Å². The molecule has 0 saturated carbocycles.